The SMILES string of the molecule is CCCCCCCCCCC/C=C\C/C=C\CCCCCCCCCCCCCCCCC(O)C(=O)NC(COC1OC(CO)C(O)C(O)C1O)C(O)C(O)CCC/C=C/CC/C=C/CCCCCCCCCCCCCCCCCCCCCCC. The average Bonchev–Trinajstić information content (AvgIpc) is 1.97. The number of allylic oxidation sites excluding steroid dienone is 8. The smallest absolute Gasteiger partial charge is 0.249 e. The molecule has 1 aliphatic rings. The lowest BCUT2D eigenvalue weighted by Crippen LogP contribution is -2.60. The van der Waals surface area contributed by atoms with Crippen molar-refractivity contribution in [1.29, 1.82) is 0 Å². The molecule has 1 saturated heterocycles. The molecule has 1 aliphatic heterocycles. The number of carbonyl (C=O) groups excluding carboxylic acids is 1. The van der Waals surface area contributed by atoms with Crippen LogP contribution in [0, 0.1) is 0 Å². The van der Waals surface area contributed by atoms with Gasteiger partial charge in [0.25, 0.3) is 0 Å². The second-order valence-electron chi connectivity index (χ2n) is 26.4. The number of amides is 1. The van der Waals surface area contributed by atoms with Crippen LogP contribution >= 0.6 is 0 Å². The van der Waals surface area contributed by atoms with Crippen LogP contribution in [-0.4, -0.2) is 110 Å². The van der Waals surface area contributed by atoms with E-state index in [1.54, 1.807) is 0 Å². The molecule has 1 fully saturated rings. The maximum absolute atomic E-state index is 13.3. The van der Waals surface area contributed by atoms with Gasteiger partial charge in [-0.1, -0.05) is 326 Å². The Kier molecular flexibility index (Phi) is 61.3. The van der Waals surface area contributed by atoms with Crippen LogP contribution in [0.4, 0.5) is 0 Å². The van der Waals surface area contributed by atoms with Gasteiger partial charge < -0.3 is 50.5 Å². The second kappa shape index (κ2) is 64.2. The summed E-state index contributed by atoms with van der Waals surface area (Å²) in [5.41, 5.74) is 0. The van der Waals surface area contributed by atoms with E-state index in [-0.39, 0.29) is 12.8 Å². The number of nitrogens with one attached hydrogen (secondary N) is 1. The highest BCUT2D eigenvalue weighted by molar-refractivity contribution is 5.80. The molecule has 9 atom stereocenters. The summed E-state index contributed by atoms with van der Waals surface area (Å²) < 4.78 is 11.2. The van der Waals surface area contributed by atoms with Gasteiger partial charge in [-0.2, -0.15) is 0 Å². The van der Waals surface area contributed by atoms with Crippen LogP contribution in [0.3, 0.4) is 0 Å². The van der Waals surface area contributed by atoms with Gasteiger partial charge in [-0.15, -0.1) is 0 Å². The molecule has 87 heavy (non-hydrogen) atoms. The Labute approximate surface area is 536 Å². The number of ether oxygens (including phenoxy) is 2. The minimum Gasteiger partial charge on any atom is -0.394 e. The highest BCUT2D eigenvalue weighted by atomic mass is 16.7. The molecule has 0 bridgehead atoms. The molecule has 0 aromatic heterocycles. The van der Waals surface area contributed by atoms with Crippen molar-refractivity contribution in [2.75, 3.05) is 13.2 Å². The minimum atomic E-state index is -1.67. The van der Waals surface area contributed by atoms with Crippen molar-refractivity contribution in [3.63, 3.8) is 0 Å². The number of aliphatic hydroxyl groups is 7. The third kappa shape index (κ3) is 51.3. The summed E-state index contributed by atoms with van der Waals surface area (Å²) in [5.74, 6) is -0.707. The van der Waals surface area contributed by atoms with Gasteiger partial charge in [0.2, 0.25) is 5.91 Å². The number of carbonyl (C=O) groups is 1. The first kappa shape index (κ1) is 83.1. The molecule has 0 aromatic rings. The first-order chi connectivity index (χ1) is 42.7. The number of hydrogen-bond acceptors (Lipinski definition) is 10. The number of rotatable bonds is 66. The number of hydrogen-bond donors (Lipinski definition) is 8. The van der Waals surface area contributed by atoms with Crippen LogP contribution in [-0.2, 0) is 14.3 Å². The highest BCUT2D eigenvalue weighted by Gasteiger charge is 2.44. The summed E-state index contributed by atoms with van der Waals surface area (Å²) in [6.07, 6.45) is 73.5. The Morgan fingerprint density at radius 2 is 0.724 bits per heavy atom. The first-order valence-corrected chi connectivity index (χ1v) is 37.5. The van der Waals surface area contributed by atoms with Crippen LogP contribution in [0.25, 0.3) is 0 Å². The Balaban J connectivity index is 2.20. The van der Waals surface area contributed by atoms with Gasteiger partial charge >= 0.3 is 0 Å². The van der Waals surface area contributed by atoms with Crippen molar-refractivity contribution in [2.45, 2.75) is 416 Å². The lowest BCUT2D eigenvalue weighted by atomic mass is 9.98. The van der Waals surface area contributed by atoms with Crippen molar-refractivity contribution in [1.82, 2.24) is 5.32 Å². The Morgan fingerprint density at radius 1 is 0.402 bits per heavy atom. The molecule has 8 N–H and O–H groups in total. The van der Waals surface area contributed by atoms with E-state index in [1.165, 1.54) is 270 Å². The van der Waals surface area contributed by atoms with Gasteiger partial charge in [-0.25, -0.2) is 0 Å². The summed E-state index contributed by atoms with van der Waals surface area (Å²) in [7, 11) is 0. The van der Waals surface area contributed by atoms with Gasteiger partial charge in [0.05, 0.1) is 25.4 Å². The largest absolute Gasteiger partial charge is 0.394 e. The zero-order chi connectivity index (χ0) is 63.1. The Morgan fingerprint density at radius 3 is 1.09 bits per heavy atom. The molecule has 0 aromatic carbocycles. The summed E-state index contributed by atoms with van der Waals surface area (Å²) in [5, 5.41) is 76.6. The van der Waals surface area contributed by atoms with Crippen molar-refractivity contribution >= 4 is 5.91 Å². The fourth-order valence-corrected chi connectivity index (χ4v) is 12.1. The van der Waals surface area contributed by atoms with Crippen molar-refractivity contribution in [3.8, 4) is 0 Å². The fourth-order valence-electron chi connectivity index (χ4n) is 12.1. The normalized spacial score (nSPS) is 18.9. The first-order valence-electron chi connectivity index (χ1n) is 37.5. The molecule has 512 valence electrons. The van der Waals surface area contributed by atoms with Gasteiger partial charge in [-0.05, 0) is 83.5 Å². The van der Waals surface area contributed by atoms with E-state index in [4.69, 9.17) is 9.47 Å². The van der Waals surface area contributed by atoms with E-state index >= 15 is 0 Å². The monoisotopic (exact) mass is 1230 g/mol. The number of unbranched alkanes of at least 4 members (excludes halogenated alkanes) is 46. The maximum Gasteiger partial charge on any atom is 0.249 e. The zero-order valence-electron chi connectivity index (χ0n) is 56.8. The summed E-state index contributed by atoms with van der Waals surface area (Å²) in [4.78, 5) is 13.3. The molecule has 1 rings (SSSR count). The van der Waals surface area contributed by atoms with E-state index in [0.717, 1.165) is 44.9 Å². The Hall–Kier alpha value is -1.93. The predicted molar refractivity (Wildman–Crippen MR) is 367 cm³/mol. The highest BCUT2D eigenvalue weighted by Crippen LogP contribution is 2.24. The summed E-state index contributed by atoms with van der Waals surface area (Å²) in [6.45, 7) is 3.49. The lowest BCUT2D eigenvalue weighted by molar-refractivity contribution is -0.303. The molecular weight excluding hydrogens is 1090 g/mol. The van der Waals surface area contributed by atoms with Crippen molar-refractivity contribution in [2.24, 2.45) is 0 Å². The van der Waals surface area contributed by atoms with Crippen LogP contribution < -0.4 is 5.32 Å². The number of aliphatic hydroxyl groups excluding tert-OH is 7. The van der Waals surface area contributed by atoms with Gasteiger partial charge in [0.1, 0.15) is 36.6 Å². The van der Waals surface area contributed by atoms with E-state index in [1.807, 2.05) is 0 Å². The molecule has 1 heterocycles. The van der Waals surface area contributed by atoms with Gasteiger partial charge in [-0.3, -0.25) is 4.79 Å². The van der Waals surface area contributed by atoms with Crippen LogP contribution in [0.1, 0.15) is 361 Å². The molecule has 1 amide bonds. The molecule has 0 saturated carbocycles. The van der Waals surface area contributed by atoms with E-state index in [0.29, 0.717) is 19.3 Å². The fraction of sp³-hybridized carbons (Fsp3) is 0.882. The van der Waals surface area contributed by atoms with Crippen LogP contribution in [0.15, 0.2) is 48.6 Å². The molecule has 9 unspecified atom stereocenters. The second-order valence-corrected chi connectivity index (χ2v) is 26.4. The quantitative estimate of drug-likeness (QED) is 0.0215. The predicted octanol–water partition coefficient (Wildman–Crippen LogP) is 18.7. The zero-order valence-corrected chi connectivity index (χ0v) is 56.8. The standard InChI is InChI=1S/C76H143NO10/c1-3-5-7-9-11-13-15-17-19-21-23-25-27-29-31-33-35-37-39-41-43-45-47-49-51-53-55-57-59-61-63-68(79)71(81)67(66-86-76-74(84)73(83)72(82)70(65-78)87-76)77-75(85)69(80)64-62-60-58-56-54-52-50-48-46-44-42-40-38-36-34-32-30-28-26-24-22-20-18-16-14-12-10-8-6-4-2/h24,26,30,32,47,49,55,57,67-74,76,78-84H,3-23,25,27-29,31,33-46,48,50-54,56,58-66H2,1-2H3,(H,77,85)/b26-24-,32-30-,49-47+,57-55+. The Bertz CT molecular complexity index is 1560. The van der Waals surface area contributed by atoms with Crippen molar-refractivity contribution in [3.05, 3.63) is 48.6 Å². The van der Waals surface area contributed by atoms with Crippen molar-refractivity contribution < 1.29 is 50.0 Å². The van der Waals surface area contributed by atoms with E-state index in [2.05, 4.69) is 67.8 Å². The van der Waals surface area contributed by atoms with Gasteiger partial charge in [0.15, 0.2) is 6.29 Å². The molecular formula is C76H143NO10. The molecule has 11 heteroatoms. The topological polar surface area (TPSA) is 189 Å². The molecule has 0 radical (unpaired) electrons. The average molecular weight is 1230 g/mol. The van der Waals surface area contributed by atoms with Gasteiger partial charge in [0, 0.05) is 0 Å². The lowest BCUT2D eigenvalue weighted by Gasteiger charge is -2.40. The van der Waals surface area contributed by atoms with E-state index in [9.17, 15) is 40.5 Å². The van der Waals surface area contributed by atoms with Crippen LogP contribution in [0.5, 0.6) is 0 Å². The minimum absolute atomic E-state index is 0.247. The maximum atomic E-state index is 13.3. The van der Waals surface area contributed by atoms with E-state index < -0.39 is 74.2 Å². The summed E-state index contributed by atoms with van der Waals surface area (Å²) in [6, 6.07) is -1.19. The molecule has 11 nitrogen and oxygen atoms in total. The third-order valence-electron chi connectivity index (χ3n) is 18.1. The molecule has 0 spiro atoms. The van der Waals surface area contributed by atoms with Crippen LogP contribution in [0.2, 0.25) is 0 Å². The molecule has 0 aliphatic carbocycles. The third-order valence-corrected chi connectivity index (χ3v) is 18.1. The summed E-state index contributed by atoms with van der Waals surface area (Å²) >= 11 is 0.